The van der Waals surface area contributed by atoms with Crippen molar-refractivity contribution in [2.24, 2.45) is 0 Å². The number of hydrogen-bond donors (Lipinski definition) is 2. The van der Waals surface area contributed by atoms with Gasteiger partial charge in [0.05, 0.1) is 17.9 Å². The Balaban J connectivity index is 1.45. The number of halogens is 3. The Hall–Kier alpha value is -4.75. The van der Waals surface area contributed by atoms with Crippen LogP contribution in [0.2, 0.25) is 0 Å². The number of pyridine rings is 1. The maximum Gasteiger partial charge on any atom is 0.433 e. The van der Waals surface area contributed by atoms with Gasteiger partial charge in [-0.3, -0.25) is 19.6 Å². The number of hydrogen-bond acceptors (Lipinski definition) is 8. The van der Waals surface area contributed by atoms with E-state index in [2.05, 4.69) is 40.9 Å². The van der Waals surface area contributed by atoms with Gasteiger partial charge < -0.3 is 10.2 Å². The van der Waals surface area contributed by atoms with Crippen LogP contribution in [0.25, 0.3) is 11.4 Å². The molecule has 1 unspecified atom stereocenters. The molecule has 182 valence electrons. The molecule has 5 rings (SSSR count). The first-order valence-corrected chi connectivity index (χ1v) is 10.6. The first-order valence-electron chi connectivity index (χ1n) is 10.6. The number of amides is 2. The molecule has 0 radical (unpaired) electrons. The Bertz CT molecular complexity index is 1430. The minimum atomic E-state index is -4.73. The number of fused-ring (bicyclic) bond motifs is 1. The van der Waals surface area contributed by atoms with Gasteiger partial charge in [-0.05, 0) is 29.5 Å². The molecule has 0 saturated carbocycles. The lowest BCUT2D eigenvalue weighted by Crippen LogP contribution is -2.51. The molecule has 4 heterocycles. The molecule has 1 aromatic carbocycles. The van der Waals surface area contributed by atoms with Crippen molar-refractivity contribution < 1.29 is 22.8 Å². The van der Waals surface area contributed by atoms with Gasteiger partial charge in [-0.15, -0.1) is 10.2 Å². The van der Waals surface area contributed by atoms with Gasteiger partial charge in [0, 0.05) is 30.1 Å². The summed E-state index contributed by atoms with van der Waals surface area (Å²) >= 11 is 0. The van der Waals surface area contributed by atoms with Crippen LogP contribution < -0.4 is 5.32 Å². The number of H-pyrrole nitrogens is 1. The number of nitrogens with zero attached hydrogens (tertiary/aromatic N) is 7. The van der Waals surface area contributed by atoms with Crippen LogP contribution in [0.3, 0.4) is 0 Å². The number of rotatable bonds is 4. The fourth-order valence-electron chi connectivity index (χ4n) is 3.82. The molecule has 4 aromatic rings. The average molecular weight is 495 g/mol. The van der Waals surface area contributed by atoms with Crippen LogP contribution in [0.4, 0.5) is 18.9 Å². The van der Waals surface area contributed by atoms with Crippen molar-refractivity contribution in [3.8, 4) is 11.4 Å². The number of aromatic nitrogens is 7. The van der Waals surface area contributed by atoms with E-state index in [1.807, 2.05) is 0 Å². The van der Waals surface area contributed by atoms with Crippen LogP contribution in [-0.2, 0) is 23.9 Å². The van der Waals surface area contributed by atoms with Gasteiger partial charge in [-0.25, -0.2) is 4.98 Å². The molecule has 0 fully saturated rings. The summed E-state index contributed by atoms with van der Waals surface area (Å²) in [5, 5.41) is 16.4. The van der Waals surface area contributed by atoms with Gasteiger partial charge in [0.2, 0.25) is 11.7 Å². The van der Waals surface area contributed by atoms with Crippen molar-refractivity contribution in [2.45, 2.75) is 25.2 Å². The summed E-state index contributed by atoms with van der Waals surface area (Å²) in [7, 11) is 0. The number of alkyl halides is 3. The van der Waals surface area contributed by atoms with Gasteiger partial charge in [-0.2, -0.15) is 18.4 Å². The number of benzene rings is 1. The number of tetrazole rings is 1. The highest BCUT2D eigenvalue weighted by Gasteiger charge is 2.38. The molecular weight excluding hydrogens is 479 g/mol. The third kappa shape index (κ3) is 4.60. The van der Waals surface area contributed by atoms with Crippen molar-refractivity contribution in [3.05, 3.63) is 77.6 Å². The van der Waals surface area contributed by atoms with Gasteiger partial charge in [0.15, 0.2) is 0 Å². The van der Waals surface area contributed by atoms with E-state index in [1.165, 1.54) is 18.5 Å². The number of carbonyl (C=O) groups is 2. The molecule has 36 heavy (non-hydrogen) atoms. The molecule has 1 atom stereocenters. The summed E-state index contributed by atoms with van der Waals surface area (Å²) in [5.41, 5.74) is 0.304. The SMILES string of the molecule is O=C(Nc1cccc(-c2nn[nH]n2)c1)C1Cc2nccnc2CN1C(=O)c1cccc(C(F)(F)F)n1. The van der Waals surface area contributed by atoms with E-state index in [0.29, 0.717) is 28.5 Å². The Labute approximate surface area is 200 Å². The largest absolute Gasteiger partial charge is 0.433 e. The van der Waals surface area contributed by atoms with Crippen LogP contribution in [0, 0.1) is 0 Å². The summed E-state index contributed by atoms with van der Waals surface area (Å²) in [6.07, 6.45) is -1.80. The van der Waals surface area contributed by atoms with Crippen LogP contribution in [0.15, 0.2) is 54.9 Å². The lowest BCUT2D eigenvalue weighted by Gasteiger charge is -2.34. The second-order valence-electron chi connectivity index (χ2n) is 7.81. The fraction of sp³-hybridized carbons (Fsp3) is 0.182. The molecule has 0 spiro atoms. The molecule has 11 nitrogen and oxygen atoms in total. The molecule has 0 saturated heterocycles. The third-order valence-corrected chi connectivity index (χ3v) is 5.50. The van der Waals surface area contributed by atoms with Gasteiger partial charge in [0.1, 0.15) is 17.4 Å². The first-order chi connectivity index (χ1) is 17.3. The van der Waals surface area contributed by atoms with Crippen molar-refractivity contribution in [3.63, 3.8) is 0 Å². The van der Waals surface area contributed by atoms with E-state index >= 15 is 0 Å². The van der Waals surface area contributed by atoms with Crippen LogP contribution >= 0.6 is 0 Å². The zero-order valence-corrected chi connectivity index (χ0v) is 18.3. The molecular formula is C22H16F3N9O2. The fourth-order valence-corrected chi connectivity index (χ4v) is 3.82. The molecule has 2 N–H and O–H groups in total. The second kappa shape index (κ2) is 9.13. The number of carbonyl (C=O) groups excluding carboxylic acids is 2. The maximum atomic E-state index is 13.3. The number of nitrogens with one attached hydrogen (secondary N) is 2. The topological polar surface area (TPSA) is 143 Å². The van der Waals surface area contributed by atoms with E-state index in [-0.39, 0.29) is 13.0 Å². The first kappa shape index (κ1) is 23.0. The number of anilines is 1. The Morgan fingerprint density at radius 1 is 1.06 bits per heavy atom. The van der Waals surface area contributed by atoms with E-state index in [0.717, 1.165) is 17.0 Å². The molecule has 0 bridgehead atoms. The van der Waals surface area contributed by atoms with Crippen molar-refractivity contribution in [1.82, 2.24) is 40.5 Å². The number of aromatic amines is 1. The van der Waals surface area contributed by atoms with Gasteiger partial charge in [0.25, 0.3) is 5.91 Å². The second-order valence-corrected chi connectivity index (χ2v) is 7.81. The van der Waals surface area contributed by atoms with Gasteiger partial charge >= 0.3 is 6.18 Å². The summed E-state index contributed by atoms with van der Waals surface area (Å²) in [4.78, 5) is 39.7. The zero-order valence-electron chi connectivity index (χ0n) is 18.3. The maximum absolute atomic E-state index is 13.3. The Morgan fingerprint density at radius 3 is 2.58 bits per heavy atom. The van der Waals surface area contributed by atoms with Crippen molar-refractivity contribution in [1.29, 1.82) is 0 Å². The standard InChI is InChI=1S/C22H16F3N9O2/c23-22(24,25)18-6-2-5-14(29-18)21(36)34-11-16-15(26-7-8-27-16)10-17(34)20(35)28-13-4-1-3-12(9-13)19-30-32-33-31-19/h1-9,17H,10-11H2,(H,28,35)(H,30,31,32,33). The van der Waals surface area contributed by atoms with Crippen LogP contribution in [0.1, 0.15) is 27.6 Å². The molecule has 2 amide bonds. The normalized spacial score (nSPS) is 15.3. The predicted molar refractivity (Wildman–Crippen MR) is 117 cm³/mol. The highest BCUT2D eigenvalue weighted by atomic mass is 19.4. The highest BCUT2D eigenvalue weighted by molar-refractivity contribution is 6.01. The quantitative estimate of drug-likeness (QED) is 0.439. The molecule has 14 heteroatoms. The van der Waals surface area contributed by atoms with Crippen LogP contribution in [0.5, 0.6) is 0 Å². The van der Waals surface area contributed by atoms with Crippen molar-refractivity contribution >= 4 is 17.5 Å². The zero-order chi connectivity index (χ0) is 25.3. The minimum absolute atomic E-state index is 0.0181. The Kier molecular flexibility index (Phi) is 5.83. The van der Waals surface area contributed by atoms with Crippen molar-refractivity contribution in [2.75, 3.05) is 5.32 Å². The summed E-state index contributed by atoms with van der Waals surface area (Å²) < 4.78 is 39.5. The lowest BCUT2D eigenvalue weighted by atomic mass is 10.00. The predicted octanol–water partition coefficient (Wildman–Crippen LogP) is 2.28. The van der Waals surface area contributed by atoms with E-state index in [1.54, 1.807) is 24.3 Å². The minimum Gasteiger partial charge on any atom is -0.324 e. The van der Waals surface area contributed by atoms with E-state index < -0.39 is 35.4 Å². The lowest BCUT2D eigenvalue weighted by molar-refractivity contribution is -0.141. The molecule has 1 aliphatic rings. The smallest absolute Gasteiger partial charge is 0.324 e. The molecule has 1 aliphatic heterocycles. The Morgan fingerprint density at radius 2 is 1.83 bits per heavy atom. The monoisotopic (exact) mass is 495 g/mol. The summed E-state index contributed by atoms with van der Waals surface area (Å²) in [5.74, 6) is -1.07. The van der Waals surface area contributed by atoms with Gasteiger partial charge in [-0.1, -0.05) is 18.2 Å². The van der Waals surface area contributed by atoms with E-state index in [4.69, 9.17) is 0 Å². The molecule has 3 aromatic heterocycles. The van der Waals surface area contributed by atoms with Crippen LogP contribution in [-0.4, -0.2) is 58.3 Å². The van der Waals surface area contributed by atoms with E-state index in [9.17, 15) is 22.8 Å². The summed E-state index contributed by atoms with van der Waals surface area (Å²) in [6.45, 7) is -0.124. The highest BCUT2D eigenvalue weighted by Crippen LogP contribution is 2.29. The molecule has 0 aliphatic carbocycles. The average Bonchev–Trinajstić information content (AvgIpc) is 3.42. The third-order valence-electron chi connectivity index (χ3n) is 5.50. The summed E-state index contributed by atoms with van der Waals surface area (Å²) in [6, 6.07) is 8.63.